The summed E-state index contributed by atoms with van der Waals surface area (Å²) in [6, 6.07) is 17.2. The van der Waals surface area contributed by atoms with Crippen molar-refractivity contribution in [1.29, 1.82) is 0 Å². The first-order chi connectivity index (χ1) is 9.33. The fraction of sp³-hybridized carbons (Fsp3) is 0.0625. The SMILES string of the molecule is Oc1cccc2cc(OCc3ccccc3)cnc12. The highest BCUT2D eigenvalue weighted by Gasteiger charge is 2.03. The van der Waals surface area contributed by atoms with Crippen LogP contribution >= 0.6 is 0 Å². The number of para-hydroxylation sites is 1. The number of nitrogens with zero attached hydrogens (tertiary/aromatic N) is 1. The van der Waals surface area contributed by atoms with Gasteiger partial charge in [0.25, 0.3) is 0 Å². The van der Waals surface area contributed by atoms with Crippen molar-refractivity contribution in [2.24, 2.45) is 0 Å². The highest BCUT2D eigenvalue weighted by Crippen LogP contribution is 2.25. The Morgan fingerprint density at radius 1 is 1.00 bits per heavy atom. The monoisotopic (exact) mass is 251 g/mol. The Hall–Kier alpha value is -2.55. The summed E-state index contributed by atoms with van der Waals surface area (Å²) < 4.78 is 5.70. The van der Waals surface area contributed by atoms with Gasteiger partial charge < -0.3 is 9.84 Å². The number of pyridine rings is 1. The largest absolute Gasteiger partial charge is 0.506 e. The fourth-order valence-electron chi connectivity index (χ4n) is 1.94. The molecule has 1 N–H and O–H groups in total. The van der Waals surface area contributed by atoms with E-state index in [0.717, 1.165) is 10.9 Å². The van der Waals surface area contributed by atoms with Crippen molar-refractivity contribution in [3.63, 3.8) is 0 Å². The lowest BCUT2D eigenvalue weighted by atomic mass is 10.2. The van der Waals surface area contributed by atoms with E-state index >= 15 is 0 Å². The summed E-state index contributed by atoms with van der Waals surface area (Å²) in [6.07, 6.45) is 1.63. The smallest absolute Gasteiger partial charge is 0.141 e. The van der Waals surface area contributed by atoms with E-state index in [9.17, 15) is 5.11 Å². The third-order valence-corrected chi connectivity index (χ3v) is 2.91. The molecule has 19 heavy (non-hydrogen) atoms. The van der Waals surface area contributed by atoms with Crippen LogP contribution < -0.4 is 4.74 Å². The number of hydrogen-bond donors (Lipinski definition) is 1. The van der Waals surface area contributed by atoms with Crippen LogP contribution in [0.3, 0.4) is 0 Å². The molecule has 0 radical (unpaired) electrons. The minimum Gasteiger partial charge on any atom is -0.506 e. The van der Waals surface area contributed by atoms with Gasteiger partial charge in [-0.05, 0) is 17.7 Å². The van der Waals surface area contributed by atoms with E-state index in [1.807, 2.05) is 42.5 Å². The third-order valence-electron chi connectivity index (χ3n) is 2.91. The van der Waals surface area contributed by atoms with Crippen LogP contribution in [0.5, 0.6) is 11.5 Å². The fourth-order valence-corrected chi connectivity index (χ4v) is 1.94. The van der Waals surface area contributed by atoms with Gasteiger partial charge in [0.1, 0.15) is 23.6 Å². The van der Waals surface area contributed by atoms with Crippen molar-refractivity contribution in [1.82, 2.24) is 4.98 Å². The molecule has 3 nitrogen and oxygen atoms in total. The number of phenols is 1. The summed E-state index contributed by atoms with van der Waals surface area (Å²) in [7, 11) is 0. The van der Waals surface area contributed by atoms with E-state index < -0.39 is 0 Å². The van der Waals surface area contributed by atoms with Crippen LogP contribution in [0.1, 0.15) is 5.56 Å². The molecule has 94 valence electrons. The van der Waals surface area contributed by atoms with Crippen LogP contribution in [0.15, 0.2) is 60.8 Å². The molecule has 0 saturated carbocycles. The maximum atomic E-state index is 9.67. The van der Waals surface area contributed by atoms with Gasteiger partial charge in [-0.3, -0.25) is 0 Å². The molecule has 1 heterocycles. The molecule has 0 amide bonds. The lowest BCUT2D eigenvalue weighted by molar-refractivity contribution is 0.305. The molecule has 0 spiro atoms. The van der Waals surface area contributed by atoms with Crippen LogP contribution in [0.25, 0.3) is 10.9 Å². The molecule has 0 aliphatic heterocycles. The second-order valence-electron chi connectivity index (χ2n) is 4.29. The van der Waals surface area contributed by atoms with Gasteiger partial charge in [-0.15, -0.1) is 0 Å². The molecular weight excluding hydrogens is 238 g/mol. The van der Waals surface area contributed by atoms with E-state index in [4.69, 9.17) is 4.74 Å². The van der Waals surface area contributed by atoms with Crippen molar-refractivity contribution < 1.29 is 9.84 Å². The van der Waals surface area contributed by atoms with Crippen molar-refractivity contribution in [2.75, 3.05) is 0 Å². The highest BCUT2D eigenvalue weighted by atomic mass is 16.5. The summed E-state index contributed by atoms with van der Waals surface area (Å²) in [5.74, 6) is 0.883. The number of hydrogen-bond acceptors (Lipinski definition) is 3. The molecule has 0 fully saturated rings. The van der Waals surface area contributed by atoms with Gasteiger partial charge in [-0.1, -0.05) is 42.5 Å². The molecule has 0 atom stereocenters. The summed E-state index contributed by atoms with van der Waals surface area (Å²) in [4.78, 5) is 4.22. The molecule has 0 aliphatic rings. The highest BCUT2D eigenvalue weighted by molar-refractivity contribution is 5.84. The molecule has 0 aliphatic carbocycles. The minimum absolute atomic E-state index is 0.187. The number of phenolic OH excluding ortho intramolecular Hbond substituents is 1. The topological polar surface area (TPSA) is 42.4 Å². The molecule has 3 heteroatoms. The lowest BCUT2D eigenvalue weighted by Crippen LogP contribution is -1.95. The standard InChI is InChI=1S/C16H13NO2/c18-15-8-4-7-13-9-14(10-17-16(13)15)19-11-12-5-2-1-3-6-12/h1-10,18H,11H2. The van der Waals surface area contributed by atoms with Crippen molar-refractivity contribution in [2.45, 2.75) is 6.61 Å². The Morgan fingerprint density at radius 3 is 2.68 bits per heavy atom. The molecular formula is C16H13NO2. The zero-order chi connectivity index (χ0) is 13.1. The normalized spacial score (nSPS) is 10.5. The van der Waals surface area contributed by atoms with E-state index in [0.29, 0.717) is 17.9 Å². The number of ether oxygens (including phenoxy) is 1. The first-order valence-electron chi connectivity index (χ1n) is 6.07. The summed E-state index contributed by atoms with van der Waals surface area (Å²) in [5.41, 5.74) is 1.70. The van der Waals surface area contributed by atoms with Gasteiger partial charge in [-0.2, -0.15) is 0 Å². The molecule has 0 unspecified atom stereocenters. The Kier molecular flexibility index (Phi) is 3.02. The Morgan fingerprint density at radius 2 is 1.84 bits per heavy atom. The lowest BCUT2D eigenvalue weighted by Gasteiger charge is -2.07. The van der Waals surface area contributed by atoms with Gasteiger partial charge in [0.2, 0.25) is 0 Å². The Balaban J connectivity index is 1.82. The van der Waals surface area contributed by atoms with Crippen LogP contribution in [0, 0.1) is 0 Å². The maximum Gasteiger partial charge on any atom is 0.141 e. The average Bonchev–Trinajstić information content (AvgIpc) is 2.46. The first-order valence-corrected chi connectivity index (χ1v) is 6.07. The van der Waals surface area contributed by atoms with Gasteiger partial charge in [0.05, 0.1) is 6.20 Å². The van der Waals surface area contributed by atoms with E-state index in [-0.39, 0.29) is 5.75 Å². The minimum atomic E-state index is 0.187. The quantitative estimate of drug-likeness (QED) is 0.774. The maximum absolute atomic E-state index is 9.67. The molecule has 1 aromatic heterocycles. The van der Waals surface area contributed by atoms with Gasteiger partial charge in [-0.25, -0.2) is 4.98 Å². The van der Waals surface area contributed by atoms with Crippen molar-refractivity contribution >= 4 is 10.9 Å². The number of fused-ring (bicyclic) bond motifs is 1. The average molecular weight is 251 g/mol. The zero-order valence-electron chi connectivity index (χ0n) is 10.3. The summed E-state index contributed by atoms with van der Waals surface area (Å²) in [6.45, 7) is 0.507. The zero-order valence-corrected chi connectivity index (χ0v) is 10.3. The Bertz CT molecular complexity index is 695. The number of aromatic hydroxyl groups is 1. The van der Waals surface area contributed by atoms with Gasteiger partial charge >= 0.3 is 0 Å². The summed E-state index contributed by atoms with van der Waals surface area (Å²) >= 11 is 0. The molecule has 3 aromatic rings. The van der Waals surface area contributed by atoms with Gasteiger partial charge in [0.15, 0.2) is 0 Å². The van der Waals surface area contributed by atoms with Crippen LogP contribution in [-0.2, 0) is 6.61 Å². The van der Waals surface area contributed by atoms with Crippen LogP contribution in [-0.4, -0.2) is 10.1 Å². The molecule has 0 saturated heterocycles. The Labute approximate surface area is 111 Å². The number of benzene rings is 2. The van der Waals surface area contributed by atoms with Gasteiger partial charge in [0, 0.05) is 5.39 Å². The van der Waals surface area contributed by atoms with Crippen LogP contribution in [0.2, 0.25) is 0 Å². The second-order valence-corrected chi connectivity index (χ2v) is 4.29. The second kappa shape index (κ2) is 4.98. The van der Waals surface area contributed by atoms with Crippen molar-refractivity contribution in [3.05, 3.63) is 66.4 Å². The predicted octanol–water partition coefficient (Wildman–Crippen LogP) is 3.52. The van der Waals surface area contributed by atoms with E-state index in [2.05, 4.69) is 4.98 Å². The first kappa shape index (κ1) is 11.5. The predicted molar refractivity (Wildman–Crippen MR) is 74.2 cm³/mol. The molecule has 0 bridgehead atoms. The third kappa shape index (κ3) is 2.50. The molecule has 3 rings (SSSR count). The van der Waals surface area contributed by atoms with E-state index in [1.54, 1.807) is 18.3 Å². The molecule has 2 aromatic carbocycles. The number of aromatic nitrogens is 1. The van der Waals surface area contributed by atoms with Crippen LogP contribution in [0.4, 0.5) is 0 Å². The van der Waals surface area contributed by atoms with E-state index in [1.165, 1.54) is 0 Å². The summed E-state index contributed by atoms with van der Waals surface area (Å²) in [5, 5.41) is 10.5. The van der Waals surface area contributed by atoms with Crippen molar-refractivity contribution in [3.8, 4) is 11.5 Å². The number of rotatable bonds is 3.